The summed E-state index contributed by atoms with van der Waals surface area (Å²) in [5.74, 6) is 0.500. The number of ether oxygens (including phenoxy) is 2. The van der Waals surface area contributed by atoms with Crippen molar-refractivity contribution in [3.8, 4) is 5.75 Å². The molecule has 1 amide bonds. The normalized spacial score (nSPS) is 19.1. The molecule has 1 fully saturated rings. The van der Waals surface area contributed by atoms with E-state index in [-0.39, 0.29) is 17.6 Å². The second kappa shape index (κ2) is 8.44. The third kappa shape index (κ3) is 5.46. The SMILES string of the molecule is CNC(=O)c1cc(OC2CCCN(CCC(C)(C)OC)C2)ccn1. The highest BCUT2D eigenvalue weighted by Crippen LogP contribution is 2.21. The number of nitrogens with zero attached hydrogens (tertiary/aromatic N) is 2. The van der Waals surface area contributed by atoms with Gasteiger partial charge in [0.05, 0.1) is 5.60 Å². The van der Waals surface area contributed by atoms with Crippen molar-refractivity contribution in [1.82, 2.24) is 15.2 Å². The van der Waals surface area contributed by atoms with Crippen molar-refractivity contribution in [2.24, 2.45) is 0 Å². The number of rotatable bonds is 7. The van der Waals surface area contributed by atoms with Gasteiger partial charge in [0.15, 0.2) is 0 Å². The Labute approximate surface area is 144 Å². The van der Waals surface area contributed by atoms with Crippen LogP contribution in [0.5, 0.6) is 5.75 Å². The third-order valence-corrected chi connectivity index (χ3v) is 4.54. The predicted molar refractivity (Wildman–Crippen MR) is 93.4 cm³/mol. The lowest BCUT2D eigenvalue weighted by Crippen LogP contribution is -2.43. The van der Waals surface area contributed by atoms with Crippen LogP contribution in [0.15, 0.2) is 18.3 Å². The van der Waals surface area contributed by atoms with E-state index in [0.29, 0.717) is 11.4 Å². The van der Waals surface area contributed by atoms with Crippen LogP contribution in [0, 0.1) is 0 Å². The molecule has 6 heteroatoms. The fourth-order valence-electron chi connectivity index (χ4n) is 2.77. The highest BCUT2D eigenvalue weighted by molar-refractivity contribution is 5.92. The van der Waals surface area contributed by atoms with Crippen molar-refractivity contribution in [3.63, 3.8) is 0 Å². The van der Waals surface area contributed by atoms with Gasteiger partial charge in [-0.25, -0.2) is 0 Å². The molecular formula is C18H29N3O3. The van der Waals surface area contributed by atoms with E-state index in [1.807, 2.05) is 0 Å². The van der Waals surface area contributed by atoms with Gasteiger partial charge in [0.1, 0.15) is 17.5 Å². The summed E-state index contributed by atoms with van der Waals surface area (Å²) in [5, 5.41) is 2.58. The highest BCUT2D eigenvalue weighted by atomic mass is 16.5. The Hall–Kier alpha value is -1.66. The molecule has 2 heterocycles. The maximum Gasteiger partial charge on any atom is 0.269 e. The van der Waals surface area contributed by atoms with E-state index < -0.39 is 0 Å². The standard InChI is InChI=1S/C18H29N3O3/c1-18(2,23-4)8-11-21-10-5-6-15(13-21)24-14-7-9-20-16(12-14)17(22)19-3/h7,9,12,15H,5-6,8,10-11,13H2,1-4H3,(H,19,22). The number of likely N-dealkylation sites (tertiary alicyclic amines) is 1. The number of hydrogen-bond acceptors (Lipinski definition) is 5. The molecule has 134 valence electrons. The van der Waals surface area contributed by atoms with Crippen molar-refractivity contribution in [1.29, 1.82) is 0 Å². The van der Waals surface area contributed by atoms with E-state index in [1.54, 1.807) is 32.5 Å². The first-order chi connectivity index (χ1) is 11.4. The molecule has 6 nitrogen and oxygen atoms in total. The summed E-state index contributed by atoms with van der Waals surface area (Å²) in [7, 11) is 3.35. The zero-order valence-electron chi connectivity index (χ0n) is 15.2. The van der Waals surface area contributed by atoms with Crippen LogP contribution in [-0.4, -0.2) is 61.3 Å². The molecule has 1 saturated heterocycles. The minimum Gasteiger partial charge on any atom is -0.489 e. The summed E-state index contributed by atoms with van der Waals surface area (Å²) in [5.41, 5.74) is 0.283. The van der Waals surface area contributed by atoms with Gasteiger partial charge in [-0.3, -0.25) is 14.7 Å². The maximum atomic E-state index is 11.7. The van der Waals surface area contributed by atoms with E-state index >= 15 is 0 Å². The smallest absolute Gasteiger partial charge is 0.269 e. The molecule has 1 N–H and O–H groups in total. The maximum absolute atomic E-state index is 11.7. The molecule has 0 radical (unpaired) electrons. The Bertz CT molecular complexity index is 548. The Morgan fingerprint density at radius 2 is 2.29 bits per heavy atom. The number of piperidine rings is 1. The van der Waals surface area contributed by atoms with E-state index in [9.17, 15) is 4.79 Å². The molecule has 1 aromatic rings. The number of methoxy groups -OCH3 is 1. The first-order valence-electron chi connectivity index (χ1n) is 8.56. The topological polar surface area (TPSA) is 63.7 Å². The summed E-state index contributed by atoms with van der Waals surface area (Å²) in [6.07, 6.45) is 4.89. The minimum absolute atomic E-state index is 0.0959. The fraction of sp³-hybridized carbons (Fsp3) is 0.667. The Morgan fingerprint density at radius 1 is 1.50 bits per heavy atom. The number of nitrogens with one attached hydrogen (secondary N) is 1. The van der Waals surface area contributed by atoms with Crippen molar-refractivity contribution < 1.29 is 14.3 Å². The molecule has 0 spiro atoms. The van der Waals surface area contributed by atoms with Gasteiger partial charge in [-0.05, 0) is 45.7 Å². The molecule has 0 aromatic carbocycles. The number of amides is 1. The van der Waals surface area contributed by atoms with Crippen molar-refractivity contribution in [2.75, 3.05) is 33.8 Å². The molecule has 1 aliphatic rings. The Kier molecular flexibility index (Phi) is 6.57. The lowest BCUT2D eigenvalue weighted by molar-refractivity contribution is 0.000207. The summed E-state index contributed by atoms with van der Waals surface area (Å²) in [6, 6.07) is 3.51. The van der Waals surface area contributed by atoms with Crippen LogP contribution >= 0.6 is 0 Å². The van der Waals surface area contributed by atoms with Crippen LogP contribution in [0.25, 0.3) is 0 Å². The largest absolute Gasteiger partial charge is 0.489 e. The number of pyridine rings is 1. The van der Waals surface area contributed by atoms with Gasteiger partial charge in [0.25, 0.3) is 5.91 Å². The monoisotopic (exact) mass is 335 g/mol. The van der Waals surface area contributed by atoms with Crippen LogP contribution in [0.3, 0.4) is 0 Å². The molecule has 1 atom stereocenters. The van der Waals surface area contributed by atoms with E-state index in [0.717, 1.165) is 38.9 Å². The van der Waals surface area contributed by atoms with E-state index in [1.165, 1.54) is 0 Å². The first-order valence-corrected chi connectivity index (χ1v) is 8.56. The average molecular weight is 335 g/mol. The summed E-state index contributed by atoms with van der Waals surface area (Å²) in [4.78, 5) is 18.2. The lowest BCUT2D eigenvalue weighted by atomic mass is 10.0. The Balaban J connectivity index is 1.90. The van der Waals surface area contributed by atoms with Crippen LogP contribution in [-0.2, 0) is 4.74 Å². The third-order valence-electron chi connectivity index (χ3n) is 4.54. The van der Waals surface area contributed by atoms with Crippen LogP contribution in [0.2, 0.25) is 0 Å². The van der Waals surface area contributed by atoms with Crippen molar-refractivity contribution >= 4 is 5.91 Å². The van der Waals surface area contributed by atoms with Crippen molar-refractivity contribution in [2.45, 2.75) is 44.8 Å². The molecule has 1 aromatic heterocycles. The predicted octanol–water partition coefficient (Wildman–Crippen LogP) is 2.10. The van der Waals surface area contributed by atoms with Gasteiger partial charge >= 0.3 is 0 Å². The molecule has 1 aliphatic heterocycles. The van der Waals surface area contributed by atoms with Gasteiger partial charge in [0.2, 0.25) is 0 Å². The quantitative estimate of drug-likeness (QED) is 0.827. The molecule has 1 unspecified atom stereocenters. The zero-order valence-corrected chi connectivity index (χ0v) is 15.2. The van der Waals surface area contributed by atoms with Crippen LogP contribution < -0.4 is 10.1 Å². The van der Waals surface area contributed by atoms with Gasteiger partial charge in [-0.15, -0.1) is 0 Å². The molecule has 24 heavy (non-hydrogen) atoms. The summed E-state index contributed by atoms with van der Waals surface area (Å²) in [6.45, 7) is 7.22. The average Bonchev–Trinajstić information content (AvgIpc) is 2.60. The number of carbonyl (C=O) groups excluding carboxylic acids is 1. The number of aromatic nitrogens is 1. The fourth-order valence-corrected chi connectivity index (χ4v) is 2.77. The molecule has 0 aliphatic carbocycles. The second-order valence-electron chi connectivity index (χ2n) is 6.85. The van der Waals surface area contributed by atoms with E-state index in [2.05, 4.69) is 29.0 Å². The number of hydrogen-bond donors (Lipinski definition) is 1. The molecule has 0 saturated carbocycles. The number of carbonyl (C=O) groups is 1. The van der Waals surface area contributed by atoms with Gasteiger partial charge < -0.3 is 14.8 Å². The molecule has 0 bridgehead atoms. The second-order valence-corrected chi connectivity index (χ2v) is 6.85. The van der Waals surface area contributed by atoms with E-state index in [4.69, 9.17) is 9.47 Å². The van der Waals surface area contributed by atoms with Crippen molar-refractivity contribution in [3.05, 3.63) is 24.0 Å². The van der Waals surface area contributed by atoms with Gasteiger partial charge in [0, 0.05) is 39.5 Å². The summed E-state index contributed by atoms with van der Waals surface area (Å²) < 4.78 is 11.6. The highest BCUT2D eigenvalue weighted by Gasteiger charge is 2.24. The minimum atomic E-state index is -0.201. The van der Waals surface area contributed by atoms with Gasteiger partial charge in [-0.1, -0.05) is 0 Å². The van der Waals surface area contributed by atoms with Crippen LogP contribution in [0.1, 0.15) is 43.6 Å². The first kappa shape index (κ1) is 18.7. The molecular weight excluding hydrogens is 306 g/mol. The van der Waals surface area contributed by atoms with Gasteiger partial charge in [-0.2, -0.15) is 0 Å². The zero-order chi connectivity index (χ0) is 17.6. The Morgan fingerprint density at radius 3 is 3.00 bits per heavy atom. The van der Waals surface area contributed by atoms with Crippen LogP contribution in [0.4, 0.5) is 0 Å². The molecule has 2 rings (SSSR count). The summed E-state index contributed by atoms with van der Waals surface area (Å²) >= 11 is 0. The lowest BCUT2D eigenvalue weighted by Gasteiger charge is -2.34.